The van der Waals surface area contributed by atoms with E-state index in [1.807, 2.05) is 18.2 Å². The molecule has 1 aliphatic rings. The Labute approximate surface area is 129 Å². The summed E-state index contributed by atoms with van der Waals surface area (Å²) in [5.41, 5.74) is 0.773. The molecule has 22 heavy (non-hydrogen) atoms. The molecule has 0 bridgehead atoms. The van der Waals surface area contributed by atoms with Gasteiger partial charge >= 0.3 is 0 Å². The largest absolute Gasteiger partial charge is 0.497 e. The van der Waals surface area contributed by atoms with Gasteiger partial charge < -0.3 is 19.7 Å². The van der Waals surface area contributed by atoms with Gasteiger partial charge in [-0.15, -0.1) is 5.10 Å². The van der Waals surface area contributed by atoms with Crippen LogP contribution in [0.4, 0.5) is 17.5 Å². The Morgan fingerprint density at radius 3 is 2.68 bits per heavy atom. The van der Waals surface area contributed by atoms with Crippen LogP contribution in [-0.4, -0.2) is 42.5 Å². The van der Waals surface area contributed by atoms with Crippen LogP contribution in [-0.2, 0) is 0 Å². The summed E-state index contributed by atoms with van der Waals surface area (Å²) in [6, 6.07) is 5.55. The summed E-state index contributed by atoms with van der Waals surface area (Å²) in [4.78, 5) is 6.67. The summed E-state index contributed by atoms with van der Waals surface area (Å²) in [5.74, 6) is 2.74. The molecule has 0 spiro atoms. The molecule has 1 aliphatic heterocycles. The van der Waals surface area contributed by atoms with Crippen LogP contribution in [0.3, 0.4) is 0 Å². The summed E-state index contributed by atoms with van der Waals surface area (Å²) in [7, 11) is 3.25. The van der Waals surface area contributed by atoms with E-state index in [9.17, 15) is 0 Å². The third-order valence-electron chi connectivity index (χ3n) is 3.61. The summed E-state index contributed by atoms with van der Waals surface area (Å²) < 4.78 is 10.6. The van der Waals surface area contributed by atoms with E-state index in [1.54, 1.807) is 20.4 Å². The van der Waals surface area contributed by atoms with Crippen molar-refractivity contribution in [1.82, 2.24) is 15.2 Å². The van der Waals surface area contributed by atoms with Crippen LogP contribution in [0, 0.1) is 0 Å². The molecule has 1 aromatic carbocycles. The van der Waals surface area contributed by atoms with Crippen LogP contribution in [0.25, 0.3) is 0 Å². The minimum absolute atomic E-state index is 0.628. The smallest absolute Gasteiger partial charge is 0.247 e. The van der Waals surface area contributed by atoms with E-state index in [0.29, 0.717) is 17.5 Å². The first-order chi connectivity index (χ1) is 10.8. The van der Waals surface area contributed by atoms with Crippen molar-refractivity contribution < 1.29 is 9.47 Å². The monoisotopic (exact) mass is 301 g/mol. The van der Waals surface area contributed by atoms with Crippen molar-refractivity contribution in [3.05, 3.63) is 24.4 Å². The van der Waals surface area contributed by atoms with Gasteiger partial charge in [0.15, 0.2) is 5.82 Å². The highest BCUT2D eigenvalue weighted by Gasteiger charge is 2.16. The van der Waals surface area contributed by atoms with E-state index >= 15 is 0 Å². The molecule has 0 saturated carbocycles. The molecule has 0 atom stereocenters. The molecular weight excluding hydrogens is 282 g/mol. The second-order valence-corrected chi connectivity index (χ2v) is 5.03. The van der Waals surface area contributed by atoms with Gasteiger partial charge in [-0.3, -0.25) is 0 Å². The average Bonchev–Trinajstić information content (AvgIpc) is 3.09. The number of rotatable bonds is 5. The molecule has 0 amide bonds. The highest BCUT2D eigenvalue weighted by Crippen LogP contribution is 2.31. The second-order valence-electron chi connectivity index (χ2n) is 5.03. The summed E-state index contributed by atoms with van der Waals surface area (Å²) >= 11 is 0. The Morgan fingerprint density at radius 2 is 1.95 bits per heavy atom. The first-order valence-electron chi connectivity index (χ1n) is 7.24. The second kappa shape index (κ2) is 6.46. The summed E-state index contributed by atoms with van der Waals surface area (Å²) in [6.07, 6.45) is 3.94. The Bertz CT molecular complexity index is 644. The number of methoxy groups -OCH3 is 2. The number of nitrogens with zero attached hydrogens (tertiary/aromatic N) is 4. The van der Waals surface area contributed by atoms with Crippen molar-refractivity contribution in [3.63, 3.8) is 0 Å². The van der Waals surface area contributed by atoms with Crippen LogP contribution in [0.1, 0.15) is 12.8 Å². The molecule has 3 rings (SSSR count). The normalized spacial score (nSPS) is 14.0. The molecule has 1 N–H and O–H groups in total. The fourth-order valence-electron chi connectivity index (χ4n) is 2.46. The Balaban J connectivity index is 1.84. The molecular formula is C15H19N5O2. The van der Waals surface area contributed by atoms with Gasteiger partial charge in [-0.2, -0.15) is 10.1 Å². The number of hydrogen-bond donors (Lipinski definition) is 1. The minimum Gasteiger partial charge on any atom is -0.497 e. The maximum atomic E-state index is 5.35. The zero-order valence-corrected chi connectivity index (χ0v) is 12.7. The summed E-state index contributed by atoms with van der Waals surface area (Å²) in [6.45, 7) is 1.96. The highest BCUT2D eigenvalue weighted by atomic mass is 16.5. The van der Waals surface area contributed by atoms with Crippen molar-refractivity contribution in [2.24, 2.45) is 0 Å². The number of benzene rings is 1. The molecule has 2 heterocycles. The van der Waals surface area contributed by atoms with Crippen molar-refractivity contribution in [1.29, 1.82) is 0 Å². The van der Waals surface area contributed by atoms with E-state index in [-0.39, 0.29) is 0 Å². The van der Waals surface area contributed by atoms with Crippen LogP contribution in [0.2, 0.25) is 0 Å². The number of nitrogens with one attached hydrogen (secondary N) is 1. The molecule has 1 saturated heterocycles. The van der Waals surface area contributed by atoms with Crippen LogP contribution in [0.15, 0.2) is 24.4 Å². The zero-order valence-electron chi connectivity index (χ0n) is 12.7. The lowest BCUT2D eigenvalue weighted by molar-refractivity contribution is 0.405. The molecule has 116 valence electrons. The van der Waals surface area contributed by atoms with Crippen molar-refractivity contribution >= 4 is 17.5 Å². The van der Waals surface area contributed by atoms with Gasteiger partial charge in [-0.05, 0) is 25.0 Å². The molecule has 0 unspecified atom stereocenters. The van der Waals surface area contributed by atoms with Gasteiger partial charge in [0.1, 0.15) is 11.5 Å². The standard InChI is InChI=1S/C15H19N5O2/c1-21-11-5-6-13(22-2)12(9-11)17-14-10-16-19-15(18-14)20-7-3-4-8-20/h5-6,9-10H,3-4,7-8H2,1-2H3,(H,17,18,19). The molecule has 7 nitrogen and oxygen atoms in total. The Hall–Kier alpha value is -2.57. The SMILES string of the molecule is COc1ccc(OC)c(Nc2cnnc(N3CCCC3)n2)c1. The van der Waals surface area contributed by atoms with Crippen LogP contribution < -0.4 is 19.7 Å². The molecule has 0 aliphatic carbocycles. The molecule has 1 fully saturated rings. The van der Waals surface area contributed by atoms with Gasteiger partial charge in [-0.25, -0.2) is 0 Å². The number of hydrogen-bond acceptors (Lipinski definition) is 7. The first kappa shape index (κ1) is 14.4. The number of aromatic nitrogens is 3. The Morgan fingerprint density at radius 1 is 1.14 bits per heavy atom. The van der Waals surface area contributed by atoms with E-state index in [0.717, 1.165) is 24.5 Å². The van der Waals surface area contributed by atoms with Gasteiger partial charge in [0.25, 0.3) is 0 Å². The number of ether oxygens (including phenoxy) is 2. The Kier molecular flexibility index (Phi) is 4.22. The van der Waals surface area contributed by atoms with Crippen LogP contribution >= 0.6 is 0 Å². The van der Waals surface area contributed by atoms with Gasteiger partial charge in [0.05, 0.1) is 26.1 Å². The van der Waals surface area contributed by atoms with E-state index in [1.165, 1.54) is 12.8 Å². The lowest BCUT2D eigenvalue weighted by Crippen LogP contribution is -2.21. The van der Waals surface area contributed by atoms with Crippen molar-refractivity contribution in [2.45, 2.75) is 12.8 Å². The third-order valence-corrected chi connectivity index (χ3v) is 3.61. The number of anilines is 3. The fourth-order valence-corrected chi connectivity index (χ4v) is 2.46. The summed E-state index contributed by atoms with van der Waals surface area (Å²) in [5, 5.41) is 11.4. The lowest BCUT2D eigenvalue weighted by Gasteiger charge is -2.16. The predicted molar refractivity (Wildman–Crippen MR) is 84.1 cm³/mol. The fraction of sp³-hybridized carbons (Fsp3) is 0.400. The van der Waals surface area contributed by atoms with Crippen LogP contribution in [0.5, 0.6) is 11.5 Å². The highest BCUT2D eigenvalue weighted by molar-refractivity contribution is 5.66. The third kappa shape index (κ3) is 3.03. The minimum atomic E-state index is 0.628. The lowest BCUT2D eigenvalue weighted by atomic mass is 10.2. The van der Waals surface area contributed by atoms with E-state index < -0.39 is 0 Å². The van der Waals surface area contributed by atoms with Crippen molar-refractivity contribution in [2.75, 3.05) is 37.5 Å². The average molecular weight is 301 g/mol. The van der Waals surface area contributed by atoms with Gasteiger partial charge in [-0.1, -0.05) is 0 Å². The molecule has 1 aromatic heterocycles. The van der Waals surface area contributed by atoms with E-state index in [2.05, 4.69) is 25.4 Å². The molecule has 7 heteroatoms. The maximum Gasteiger partial charge on any atom is 0.247 e. The van der Waals surface area contributed by atoms with Gasteiger partial charge in [0, 0.05) is 19.2 Å². The van der Waals surface area contributed by atoms with Gasteiger partial charge in [0.2, 0.25) is 5.95 Å². The van der Waals surface area contributed by atoms with E-state index in [4.69, 9.17) is 9.47 Å². The first-order valence-corrected chi connectivity index (χ1v) is 7.24. The molecule has 0 radical (unpaired) electrons. The van der Waals surface area contributed by atoms with Crippen molar-refractivity contribution in [3.8, 4) is 11.5 Å². The topological polar surface area (TPSA) is 72.4 Å². The predicted octanol–water partition coefficient (Wildman–Crippen LogP) is 2.23. The molecule has 2 aromatic rings. The maximum absolute atomic E-state index is 5.35. The zero-order chi connectivity index (χ0) is 15.4. The quantitative estimate of drug-likeness (QED) is 0.907.